The number of rotatable bonds is 13. The molecule has 1 rings (SSSR count). The topological polar surface area (TPSA) is 195 Å². The third-order valence-corrected chi connectivity index (χ3v) is 4.38. The third kappa shape index (κ3) is 9.82. The SMILES string of the molecule is C[C@H](NC(=O)CCC[C@H](NC(=O)N[C@@H](CCC(=O)O)C(=O)O)C(=O)O)c1ccc(F)nc1. The Morgan fingerprint density at radius 3 is 2.03 bits per heavy atom. The van der Waals surface area contributed by atoms with Crippen LogP contribution in [0.5, 0.6) is 0 Å². The van der Waals surface area contributed by atoms with E-state index in [0.29, 0.717) is 5.56 Å². The molecule has 0 saturated carbocycles. The molecule has 1 aromatic rings. The molecule has 6 N–H and O–H groups in total. The summed E-state index contributed by atoms with van der Waals surface area (Å²) in [6.45, 7) is 1.67. The Morgan fingerprint density at radius 2 is 1.53 bits per heavy atom. The number of hydrogen-bond donors (Lipinski definition) is 6. The number of carboxylic acid groups (broad SMARTS) is 3. The molecule has 176 valence electrons. The van der Waals surface area contributed by atoms with Crippen LogP contribution >= 0.6 is 0 Å². The van der Waals surface area contributed by atoms with E-state index in [1.807, 2.05) is 5.32 Å². The summed E-state index contributed by atoms with van der Waals surface area (Å²) in [5, 5.41) is 33.7. The van der Waals surface area contributed by atoms with Crippen LogP contribution in [0.25, 0.3) is 0 Å². The first-order valence-electron chi connectivity index (χ1n) is 9.64. The molecule has 1 heterocycles. The lowest BCUT2D eigenvalue weighted by Crippen LogP contribution is -2.51. The first-order chi connectivity index (χ1) is 15.0. The molecule has 32 heavy (non-hydrogen) atoms. The lowest BCUT2D eigenvalue weighted by Gasteiger charge is -2.18. The number of aromatic nitrogens is 1. The molecule has 0 unspecified atom stereocenters. The number of carboxylic acids is 3. The van der Waals surface area contributed by atoms with Gasteiger partial charge in [0, 0.05) is 19.0 Å². The molecule has 3 atom stereocenters. The monoisotopic (exact) mass is 456 g/mol. The predicted molar refractivity (Wildman–Crippen MR) is 106 cm³/mol. The summed E-state index contributed by atoms with van der Waals surface area (Å²) >= 11 is 0. The van der Waals surface area contributed by atoms with E-state index in [2.05, 4.69) is 15.6 Å². The minimum Gasteiger partial charge on any atom is -0.481 e. The molecule has 3 amide bonds. The van der Waals surface area contributed by atoms with Crippen LogP contribution in [0, 0.1) is 5.95 Å². The highest BCUT2D eigenvalue weighted by Crippen LogP contribution is 2.12. The average Bonchev–Trinajstić information content (AvgIpc) is 2.70. The lowest BCUT2D eigenvalue weighted by molar-refractivity contribution is -0.140. The van der Waals surface area contributed by atoms with Crippen LogP contribution in [0.15, 0.2) is 18.3 Å². The Hall–Kier alpha value is -3.77. The molecule has 13 heteroatoms. The molecule has 0 saturated heterocycles. The van der Waals surface area contributed by atoms with Gasteiger partial charge in [-0.3, -0.25) is 9.59 Å². The minimum atomic E-state index is -1.51. The second kappa shape index (κ2) is 12.8. The average molecular weight is 456 g/mol. The number of amides is 3. The van der Waals surface area contributed by atoms with Gasteiger partial charge in [0.1, 0.15) is 12.1 Å². The molecule has 1 aromatic heterocycles. The highest BCUT2D eigenvalue weighted by molar-refractivity contribution is 5.86. The lowest BCUT2D eigenvalue weighted by atomic mass is 10.1. The Morgan fingerprint density at radius 1 is 0.938 bits per heavy atom. The molecule has 0 bridgehead atoms. The van der Waals surface area contributed by atoms with Crippen LogP contribution in [0.4, 0.5) is 9.18 Å². The standard InChI is InChI=1S/C19H25FN4O8/c1-10(11-5-7-14(20)21-9-11)22-15(25)4-2-3-12(17(28)29)23-19(32)24-13(18(30)31)6-8-16(26)27/h5,7,9-10,12-13H,2-4,6,8H2,1H3,(H,22,25)(H,26,27)(H,28,29)(H,30,31)(H2,23,24,32)/t10-,12-,13-/m0/s1. The largest absolute Gasteiger partial charge is 0.481 e. The number of aliphatic carboxylic acids is 3. The fourth-order valence-corrected chi connectivity index (χ4v) is 2.65. The van der Waals surface area contributed by atoms with Gasteiger partial charge in [-0.1, -0.05) is 6.07 Å². The van der Waals surface area contributed by atoms with Crippen molar-refractivity contribution < 1.29 is 43.7 Å². The molecular weight excluding hydrogens is 431 g/mol. The molecule has 0 fully saturated rings. The maximum Gasteiger partial charge on any atom is 0.326 e. The quantitative estimate of drug-likeness (QED) is 0.231. The zero-order chi connectivity index (χ0) is 24.3. The van der Waals surface area contributed by atoms with Crippen molar-refractivity contribution in [2.24, 2.45) is 0 Å². The van der Waals surface area contributed by atoms with Gasteiger partial charge in [-0.2, -0.15) is 4.39 Å². The minimum absolute atomic E-state index is 0.0532. The number of nitrogens with zero attached hydrogens (tertiary/aromatic N) is 1. The van der Waals surface area contributed by atoms with E-state index in [9.17, 15) is 33.5 Å². The normalized spacial score (nSPS) is 13.3. The highest BCUT2D eigenvalue weighted by Gasteiger charge is 2.25. The van der Waals surface area contributed by atoms with Crippen molar-refractivity contribution in [3.05, 3.63) is 29.8 Å². The summed E-state index contributed by atoms with van der Waals surface area (Å²) in [4.78, 5) is 60.5. The summed E-state index contributed by atoms with van der Waals surface area (Å²) in [5.74, 6) is -5.14. The molecule has 0 aliphatic rings. The summed E-state index contributed by atoms with van der Waals surface area (Å²) in [7, 11) is 0. The number of pyridine rings is 1. The van der Waals surface area contributed by atoms with E-state index in [-0.39, 0.29) is 25.7 Å². The summed E-state index contributed by atoms with van der Waals surface area (Å²) < 4.78 is 12.9. The van der Waals surface area contributed by atoms with Gasteiger partial charge in [0.05, 0.1) is 6.04 Å². The van der Waals surface area contributed by atoms with Crippen molar-refractivity contribution in [1.82, 2.24) is 20.9 Å². The van der Waals surface area contributed by atoms with E-state index < -0.39 is 60.3 Å². The van der Waals surface area contributed by atoms with Gasteiger partial charge in [-0.25, -0.2) is 19.4 Å². The fraction of sp³-hybridized carbons (Fsp3) is 0.474. The van der Waals surface area contributed by atoms with Crippen LogP contribution in [-0.4, -0.2) is 62.2 Å². The Bertz CT molecular complexity index is 833. The van der Waals surface area contributed by atoms with E-state index in [1.165, 1.54) is 12.3 Å². The van der Waals surface area contributed by atoms with Gasteiger partial charge in [-0.15, -0.1) is 0 Å². The van der Waals surface area contributed by atoms with Gasteiger partial charge >= 0.3 is 23.9 Å². The molecule has 0 aliphatic heterocycles. The smallest absolute Gasteiger partial charge is 0.326 e. The molecule has 0 spiro atoms. The number of carbonyl (C=O) groups is 5. The molecule has 0 aromatic carbocycles. The van der Waals surface area contributed by atoms with E-state index in [0.717, 1.165) is 6.07 Å². The number of nitrogens with one attached hydrogen (secondary N) is 3. The van der Waals surface area contributed by atoms with E-state index in [1.54, 1.807) is 6.92 Å². The van der Waals surface area contributed by atoms with Crippen molar-refractivity contribution in [2.75, 3.05) is 0 Å². The number of hydrogen-bond acceptors (Lipinski definition) is 6. The Labute approximate surface area is 182 Å². The van der Waals surface area contributed by atoms with Gasteiger partial charge in [-0.05, 0) is 37.8 Å². The van der Waals surface area contributed by atoms with Gasteiger partial charge in [0.2, 0.25) is 11.9 Å². The fourth-order valence-electron chi connectivity index (χ4n) is 2.65. The van der Waals surface area contributed by atoms with Crippen LogP contribution in [0.2, 0.25) is 0 Å². The van der Waals surface area contributed by atoms with Crippen LogP contribution < -0.4 is 16.0 Å². The first-order valence-corrected chi connectivity index (χ1v) is 9.64. The Balaban J connectivity index is 2.49. The van der Waals surface area contributed by atoms with Gasteiger partial charge in [0.15, 0.2) is 0 Å². The summed E-state index contributed by atoms with van der Waals surface area (Å²) in [5.41, 5.74) is 0.581. The second-order valence-electron chi connectivity index (χ2n) is 6.93. The van der Waals surface area contributed by atoms with Crippen molar-refractivity contribution in [2.45, 2.75) is 57.2 Å². The van der Waals surface area contributed by atoms with Crippen molar-refractivity contribution in [1.29, 1.82) is 0 Å². The van der Waals surface area contributed by atoms with Crippen LogP contribution in [-0.2, 0) is 19.2 Å². The van der Waals surface area contributed by atoms with Crippen LogP contribution in [0.1, 0.15) is 50.6 Å². The molecular formula is C19H25FN4O8. The number of carbonyl (C=O) groups excluding carboxylic acids is 2. The highest BCUT2D eigenvalue weighted by atomic mass is 19.1. The van der Waals surface area contributed by atoms with Crippen LogP contribution in [0.3, 0.4) is 0 Å². The Kier molecular flexibility index (Phi) is 10.5. The predicted octanol–water partition coefficient (Wildman–Crippen LogP) is 0.639. The maximum atomic E-state index is 12.9. The molecule has 0 radical (unpaired) electrons. The van der Waals surface area contributed by atoms with Crippen molar-refractivity contribution >= 4 is 29.8 Å². The third-order valence-electron chi connectivity index (χ3n) is 4.38. The summed E-state index contributed by atoms with van der Waals surface area (Å²) in [6, 6.07) is -1.81. The summed E-state index contributed by atoms with van der Waals surface area (Å²) in [6.07, 6.45) is 0.333. The molecule has 0 aliphatic carbocycles. The van der Waals surface area contributed by atoms with Crippen molar-refractivity contribution in [3.8, 4) is 0 Å². The van der Waals surface area contributed by atoms with E-state index in [4.69, 9.17) is 10.2 Å². The van der Waals surface area contributed by atoms with E-state index >= 15 is 0 Å². The molecule has 12 nitrogen and oxygen atoms in total. The number of halogens is 1. The number of urea groups is 1. The zero-order valence-corrected chi connectivity index (χ0v) is 17.2. The zero-order valence-electron chi connectivity index (χ0n) is 17.2. The first kappa shape index (κ1) is 26.3. The van der Waals surface area contributed by atoms with Gasteiger partial charge < -0.3 is 31.3 Å². The van der Waals surface area contributed by atoms with Gasteiger partial charge in [0.25, 0.3) is 0 Å². The maximum absolute atomic E-state index is 12.9. The van der Waals surface area contributed by atoms with Crippen molar-refractivity contribution in [3.63, 3.8) is 0 Å². The second-order valence-corrected chi connectivity index (χ2v) is 6.93.